The van der Waals surface area contributed by atoms with Crippen molar-refractivity contribution in [2.45, 2.75) is 26.8 Å². The van der Waals surface area contributed by atoms with E-state index in [0.717, 1.165) is 11.3 Å². The molecule has 0 saturated carbocycles. The highest BCUT2D eigenvalue weighted by molar-refractivity contribution is 7.80. The molecule has 0 aromatic heterocycles. The van der Waals surface area contributed by atoms with Gasteiger partial charge in [0, 0.05) is 23.4 Å². The molecule has 1 atom stereocenters. The molecule has 2 aromatic rings. The molecule has 0 spiro atoms. The average molecular weight is 445 g/mol. The van der Waals surface area contributed by atoms with E-state index < -0.39 is 6.04 Å². The van der Waals surface area contributed by atoms with Gasteiger partial charge in [0.05, 0.1) is 24.8 Å². The van der Waals surface area contributed by atoms with Crippen LogP contribution in [0.3, 0.4) is 0 Å². The van der Waals surface area contributed by atoms with Crippen LogP contribution in [-0.2, 0) is 0 Å². The van der Waals surface area contributed by atoms with Gasteiger partial charge in [0.2, 0.25) is 0 Å². The van der Waals surface area contributed by atoms with Crippen LogP contribution in [0.1, 0.15) is 42.7 Å². The zero-order valence-corrected chi connectivity index (χ0v) is 19.1. The van der Waals surface area contributed by atoms with Gasteiger partial charge in [-0.15, -0.1) is 0 Å². The number of carbonyl (C=O) groups is 1. The van der Waals surface area contributed by atoms with Crippen LogP contribution in [-0.4, -0.2) is 36.1 Å². The van der Waals surface area contributed by atoms with E-state index in [1.807, 2.05) is 62.1 Å². The van der Waals surface area contributed by atoms with Gasteiger partial charge in [-0.25, -0.2) is 0 Å². The largest absolute Gasteiger partial charge is 0.491 e. The number of halogens is 1. The quantitative estimate of drug-likeness (QED) is 0.470. The molecule has 0 aliphatic carbocycles. The van der Waals surface area contributed by atoms with Crippen LogP contribution in [0.25, 0.3) is 0 Å². The number of benzene rings is 2. The van der Waals surface area contributed by atoms with Crippen molar-refractivity contribution in [1.82, 2.24) is 10.2 Å². The van der Waals surface area contributed by atoms with E-state index in [1.54, 1.807) is 13.2 Å². The van der Waals surface area contributed by atoms with Gasteiger partial charge in [-0.2, -0.15) is 0 Å². The Morgan fingerprint density at radius 3 is 2.53 bits per heavy atom. The number of hydrogen-bond acceptors (Lipinski definition) is 4. The van der Waals surface area contributed by atoms with Crippen LogP contribution in [0.2, 0.25) is 5.02 Å². The maximum atomic E-state index is 13.5. The summed E-state index contributed by atoms with van der Waals surface area (Å²) < 4.78 is 11.1. The number of allylic oxidation sites excluding steroid dienone is 1. The Bertz CT molecular complexity index is 991. The molecule has 1 unspecified atom stereocenters. The van der Waals surface area contributed by atoms with Gasteiger partial charge in [-0.05, 0) is 50.7 Å². The first-order valence-electron chi connectivity index (χ1n) is 9.81. The lowest BCUT2D eigenvalue weighted by Gasteiger charge is -2.37. The van der Waals surface area contributed by atoms with Crippen molar-refractivity contribution in [3.8, 4) is 11.5 Å². The van der Waals surface area contributed by atoms with E-state index in [2.05, 4.69) is 5.32 Å². The molecule has 30 heavy (non-hydrogen) atoms. The number of nitrogens with zero attached hydrogens (tertiary/aromatic N) is 1. The topological polar surface area (TPSA) is 50.8 Å². The van der Waals surface area contributed by atoms with Crippen LogP contribution in [0.15, 0.2) is 53.7 Å². The first kappa shape index (κ1) is 22.1. The minimum absolute atomic E-state index is 0.0588. The third-order valence-electron chi connectivity index (χ3n) is 5.06. The fraction of sp³-hybridized carbons (Fsp3) is 0.304. The Kier molecular flexibility index (Phi) is 7.00. The zero-order valence-electron chi connectivity index (χ0n) is 17.5. The van der Waals surface area contributed by atoms with Crippen molar-refractivity contribution in [2.75, 3.05) is 20.3 Å². The fourth-order valence-electron chi connectivity index (χ4n) is 3.67. The number of carbonyl (C=O) groups excluding carboxylic acids is 1. The van der Waals surface area contributed by atoms with Crippen molar-refractivity contribution in [3.05, 3.63) is 69.9 Å². The molecule has 0 bridgehead atoms. The standard InChI is InChI=1S/C23H25ClN2O3S/c1-5-26-14(3)19(21(27)15-10-8-7-9-11-15)20(25-23(26)30)16-12-17(24)22(28-4)18(13-16)29-6-2/h7-13,20H,5-6H2,1-4H3,(H,25,30). The minimum Gasteiger partial charge on any atom is -0.491 e. The fourth-order valence-corrected chi connectivity index (χ4v) is 4.35. The molecular weight excluding hydrogens is 420 g/mol. The summed E-state index contributed by atoms with van der Waals surface area (Å²) in [4.78, 5) is 15.5. The predicted molar refractivity (Wildman–Crippen MR) is 124 cm³/mol. The normalized spacial score (nSPS) is 16.4. The summed E-state index contributed by atoms with van der Waals surface area (Å²) in [6, 6.07) is 12.4. The van der Waals surface area contributed by atoms with Gasteiger partial charge >= 0.3 is 0 Å². The molecule has 0 fully saturated rings. The van der Waals surface area contributed by atoms with Crippen LogP contribution in [0.4, 0.5) is 0 Å². The molecule has 1 heterocycles. The Balaban J connectivity index is 2.18. The highest BCUT2D eigenvalue weighted by atomic mass is 35.5. The zero-order chi connectivity index (χ0) is 21.8. The maximum absolute atomic E-state index is 13.5. The van der Waals surface area contributed by atoms with E-state index >= 15 is 0 Å². The molecule has 158 valence electrons. The van der Waals surface area contributed by atoms with Crippen molar-refractivity contribution >= 4 is 34.7 Å². The lowest BCUT2D eigenvalue weighted by atomic mass is 9.89. The number of hydrogen-bond donors (Lipinski definition) is 1. The van der Waals surface area contributed by atoms with Crippen molar-refractivity contribution in [3.63, 3.8) is 0 Å². The highest BCUT2D eigenvalue weighted by Gasteiger charge is 2.34. The van der Waals surface area contributed by atoms with Crippen molar-refractivity contribution < 1.29 is 14.3 Å². The predicted octanol–water partition coefficient (Wildman–Crippen LogP) is 5.16. The first-order valence-corrected chi connectivity index (χ1v) is 10.6. The first-order chi connectivity index (χ1) is 14.4. The Morgan fingerprint density at radius 1 is 1.23 bits per heavy atom. The summed E-state index contributed by atoms with van der Waals surface area (Å²) in [7, 11) is 1.55. The van der Waals surface area contributed by atoms with E-state index in [9.17, 15) is 4.79 Å². The van der Waals surface area contributed by atoms with Crippen LogP contribution >= 0.6 is 23.8 Å². The Hall–Kier alpha value is -2.57. The Morgan fingerprint density at radius 2 is 1.93 bits per heavy atom. The van der Waals surface area contributed by atoms with E-state index in [4.69, 9.17) is 33.3 Å². The summed E-state index contributed by atoms with van der Waals surface area (Å²) in [5, 5.41) is 4.30. The second-order valence-electron chi connectivity index (χ2n) is 6.79. The van der Waals surface area contributed by atoms with E-state index in [0.29, 0.717) is 45.9 Å². The molecule has 3 rings (SSSR count). The van der Waals surface area contributed by atoms with Gasteiger partial charge in [0.25, 0.3) is 0 Å². The number of methoxy groups -OCH3 is 1. The smallest absolute Gasteiger partial charge is 0.193 e. The third-order valence-corrected chi connectivity index (χ3v) is 5.68. The van der Waals surface area contributed by atoms with Crippen molar-refractivity contribution in [2.24, 2.45) is 0 Å². The lowest BCUT2D eigenvalue weighted by molar-refractivity contribution is 0.102. The van der Waals surface area contributed by atoms with E-state index in [1.165, 1.54) is 0 Å². The summed E-state index contributed by atoms with van der Waals surface area (Å²) in [5.41, 5.74) is 2.85. The number of thiocarbonyl (C=S) groups is 1. The van der Waals surface area contributed by atoms with Gasteiger partial charge in [-0.1, -0.05) is 41.9 Å². The molecule has 0 radical (unpaired) electrons. The SMILES string of the molecule is CCOc1cc(C2NC(=S)N(CC)C(C)=C2C(=O)c2ccccc2)cc(Cl)c1OC. The molecule has 7 heteroatoms. The molecule has 1 aliphatic rings. The molecule has 1 N–H and O–H groups in total. The third kappa shape index (κ3) is 4.16. The second kappa shape index (κ2) is 9.49. The van der Waals surface area contributed by atoms with E-state index in [-0.39, 0.29) is 5.78 Å². The summed E-state index contributed by atoms with van der Waals surface area (Å²) >= 11 is 12.1. The highest BCUT2D eigenvalue weighted by Crippen LogP contribution is 2.41. The summed E-state index contributed by atoms with van der Waals surface area (Å²) in [6.45, 7) is 6.93. The van der Waals surface area contributed by atoms with Gasteiger partial charge in [0.15, 0.2) is 22.4 Å². The van der Waals surface area contributed by atoms with Crippen LogP contribution in [0.5, 0.6) is 11.5 Å². The number of Topliss-reactive ketones (excluding diaryl/α,β-unsaturated/α-hetero) is 1. The van der Waals surface area contributed by atoms with Gasteiger partial charge in [-0.3, -0.25) is 4.79 Å². The molecular formula is C23H25ClN2O3S. The van der Waals surface area contributed by atoms with Crippen LogP contribution < -0.4 is 14.8 Å². The van der Waals surface area contributed by atoms with Crippen molar-refractivity contribution in [1.29, 1.82) is 0 Å². The minimum atomic E-state index is -0.462. The molecule has 5 nitrogen and oxygen atoms in total. The number of rotatable bonds is 7. The summed E-state index contributed by atoms with van der Waals surface area (Å²) in [6.07, 6.45) is 0. The second-order valence-corrected chi connectivity index (χ2v) is 7.58. The number of nitrogens with one attached hydrogen (secondary N) is 1. The Labute approximate surface area is 187 Å². The van der Waals surface area contributed by atoms with Gasteiger partial charge in [0.1, 0.15) is 0 Å². The maximum Gasteiger partial charge on any atom is 0.193 e. The number of ketones is 1. The average Bonchev–Trinajstić information content (AvgIpc) is 2.74. The molecule has 0 amide bonds. The van der Waals surface area contributed by atoms with Crippen LogP contribution in [0, 0.1) is 0 Å². The lowest BCUT2D eigenvalue weighted by Crippen LogP contribution is -2.47. The van der Waals surface area contributed by atoms with Gasteiger partial charge < -0.3 is 19.7 Å². The number of ether oxygens (including phenoxy) is 2. The monoisotopic (exact) mass is 444 g/mol. The molecule has 1 aliphatic heterocycles. The molecule has 0 saturated heterocycles. The molecule has 2 aromatic carbocycles. The summed E-state index contributed by atoms with van der Waals surface area (Å²) in [5.74, 6) is 0.932.